The molecule has 2 aliphatic carbocycles. The van der Waals surface area contributed by atoms with Crippen molar-refractivity contribution in [3.05, 3.63) is 275 Å². The van der Waals surface area contributed by atoms with E-state index in [1.165, 1.54) is 77.9 Å². The van der Waals surface area contributed by atoms with Crippen molar-refractivity contribution in [2.45, 2.75) is 10.8 Å². The van der Waals surface area contributed by atoms with Crippen LogP contribution in [-0.2, 0) is 10.8 Å². The molecular formula is C56H39N. The van der Waals surface area contributed by atoms with Crippen LogP contribution in [0.2, 0.25) is 0 Å². The van der Waals surface area contributed by atoms with Crippen LogP contribution in [-0.4, -0.2) is 0 Å². The van der Waals surface area contributed by atoms with Gasteiger partial charge in [0.2, 0.25) is 0 Å². The van der Waals surface area contributed by atoms with Gasteiger partial charge in [0.05, 0.1) is 10.8 Å². The predicted molar refractivity (Wildman–Crippen MR) is 236 cm³/mol. The maximum atomic E-state index is 3.87. The van der Waals surface area contributed by atoms with Crippen LogP contribution in [0.25, 0.3) is 33.4 Å². The Morgan fingerprint density at radius 1 is 0.281 bits per heavy atom. The molecule has 0 bridgehead atoms. The van der Waals surface area contributed by atoms with Crippen LogP contribution in [0.5, 0.6) is 0 Å². The average Bonchev–Trinajstić information content (AvgIpc) is 3.77. The SMILES string of the molecule is c1ccc(C2(c3ccccc3)c3ccccc3-c3ccc(-c4ccc(Nc5cccc6c5-c5ccccc5C6(c5ccccc5)c5ccccc5)cc4)cc32)cc1. The highest BCUT2D eigenvalue weighted by atomic mass is 14.9. The van der Waals surface area contributed by atoms with Crippen molar-refractivity contribution in [1.82, 2.24) is 0 Å². The smallest absolute Gasteiger partial charge is 0.0714 e. The van der Waals surface area contributed by atoms with E-state index in [1.807, 2.05) is 0 Å². The molecule has 0 aliphatic heterocycles. The molecule has 2 aliphatic rings. The molecule has 11 rings (SSSR count). The van der Waals surface area contributed by atoms with E-state index >= 15 is 0 Å². The van der Waals surface area contributed by atoms with Crippen molar-refractivity contribution < 1.29 is 0 Å². The lowest BCUT2D eigenvalue weighted by Crippen LogP contribution is -2.28. The van der Waals surface area contributed by atoms with E-state index < -0.39 is 10.8 Å². The Kier molecular flexibility index (Phi) is 7.69. The summed E-state index contributed by atoms with van der Waals surface area (Å²) in [6.07, 6.45) is 0. The molecule has 1 nitrogen and oxygen atoms in total. The Hall–Kier alpha value is -7.22. The normalized spacial score (nSPS) is 13.9. The molecule has 0 saturated heterocycles. The van der Waals surface area contributed by atoms with Gasteiger partial charge in [-0.1, -0.05) is 206 Å². The van der Waals surface area contributed by atoms with Gasteiger partial charge in [-0.2, -0.15) is 0 Å². The lowest BCUT2D eigenvalue weighted by Gasteiger charge is -2.34. The Morgan fingerprint density at radius 2 is 0.702 bits per heavy atom. The predicted octanol–water partition coefficient (Wildman–Crippen LogP) is 13.8. The molecule has 9 aromatic carbocycles. The van der Waals surface area contributed by atoms with Crippen LogP contribution < -0.4 is 5.32 Å². The number of rotatable bonds is 7. The van der Waals surface area contributed by atoms with Gasteiger partial charge in [0, 0.05) is 16.9 Å². The zero-order chi connectivity index (χ0) is 37.8. The van der Waals surface area contributed by atoms with Gasteiger partial charge < -0.3 is 5.32 Å². The van der Waals surface area contributed by atoms with Crippen LogP contribution in [0.1, 0.15) is 44.5 Å². The van der Waals surface area contributed by atoms with Gasteiger partial charge in [-0.05, 0) is 96.6 Å². The molecule has 0 atom stereocenters. The van der Waals surface area contributed by atoms with Crippen molar-refractivity contribution in [2.24, 2.45) is 0 Å². The number of fused-ring (bicyclic) bond motifs is 6. The maximum Gasteiger partial charge on any atom is 0.0714 e. The van der Waals surface area contributed by atoms with Crippen molar-refractivity contribution in [3.8, 4) is 33.4 Å². The molecule has 57 heavy (non-hydrogen) atoms. The zero-order valence-electron chi connectivity index (χ0n) is 31.4. The van der Waals surface area contributed by atoms with E-state index in [0.29, 0.717) is 0 Å². The van der Waals surface area contributed by atoms with Crippen LogP contribution in [0.3, 0.4) is 0 Å². The fraction of sp³-hybridized carbons (Fsp3) is 0.0357. The molecule has 0 fully saturated rings. The molecule has 0 aromatic heterocycles. The van der Waals surface area contributed by atoms with Gasteiger partial charge in [-0.3, -0.25) is 0 Å². The van der Waals surface area contributed by atoms with Crippen molar-refractivity contribution >= 4 is 11.4 Å². The molecule has 9 aromatic rings. The van der Waals surface area contributed by atoms with Crippen molar-refractivity contribution in [1.29, 1.82) is 0 Å². The summed E-state index contributed by atoms with van der Waals surface area (Å²) in [7, 11) is 0. The second-order valence-corrected chi connectivity index (χ2v) is 15.2. The van der Waals surface area contributed by atoms with Gasteiger partial charge in [0.1, 0.15) is 0 Å². The van der Waals surface area contributed by atoms with Crippen molar-refractivity contribution in [2.75, 3.05) is 5.32 Å². The molecule has 0 amide bonds. The highest BCUT2D eigenvalue weighted by Crippen LogP contribution is 2.59. The minimum absolute atomic E-state index is 0.426. The van der Waals surface area contributed by atoms with Gasteiger partial charge in [0.25, 0.3) is 0 Å². The molecular weight excluding hydrogens is 687 g/mol. The first kappa shape index (κ1) is 33.1. The van der Waals surface area contributed by atoms with Crippen LogP contribution in [0.15, 0.2) is 231 Å². The molecule has 268 valence electrons. The Balaban J connectivity index is 1.01. The average molecular weight is 726 g/mol. The lowest BCUT2D eigenvalue weighted by molar-refractivity contribution is 0.768. The second-order valence-electron chi connectivity index (χ2n) is 15.2. The second kappa shape index (κ2) is 13.2. The van der Waals surface area contributed by atoms with Gasteiger partial charge >= 0.3 is 0 Å². The Bertz CT molecular complexity index is 2820. The summed E-state index contributed by atoms with van der Waals surface area (Å²) >= 11 is 0. The topological polar surface area (TPSA) is 12.0 Å². The molecule has 1 N–H and O–H groups in total. The number of anilines is 2. The monoisotopic (exact) mass is 725 g/mol. The van der Waals surface area contributed by atoms with E-state index in [-0.39, 0.29) is 0 Å². The van der Waals surface area contributed by atoms with Crippen molar-refractivity contribution in [3.63, 3.8) is 0 Å². The first-order valence-electron chi connectivity index (χ1n) is 19.9. The van der Waals surface area contributed by atoms with Crippen LogP contribution in [0, 0.1) is 0 Å². The maximum absolute atomic E-state index is 3.87. The fourth-order valence-electron chi connectivity index (χ4n) is 10.1. The van der Waals surface area contributed by atoms with Gasteiger partial charge in [-0.25, -0.2) is 0 Å². The molecule has 1 heteroatoms. The quantitative estimate of drug-likeness (QED) is 0.172. The number of nitrogens with one attached hydrogen (secondary N) is 1. The molecule has 0 saturated carbocycles. The van der Waals surface area contributed by atoms with E-state index in [4.69, 9.17) is 0 Å². The van der Waals surface area contributed by atoms with E-state index in [1.54, 1.807) is 0 Å². The summed E-state index contributed by atoms with van der Waals surface area (Å²) in [6.45, 7) is 0. The number of hydrogen-bond acceptors (Lipinski definition) is 1. The Morgan fingerprint density at radius 3 is 1.26 bits per heavy atom. The Labute approximate surface area is 334 Å². The summed E-state index contributed by atoms with van der Waals surface area (Å²) < 4.78 is 0. The minimum atomic E-state index is -0.433. The molecule has 0 spiro atoms. The minimum Gasteiger partial charge on any atom is -0.355 e. The zero-order valence-corrected chi connectivity index (χ0v) is 31.4. The summed E-state index contributed by atoms with van der Waals surface area (Å²) in [4.78, 5) is 0. The number of benzene rings is 9. The first-order chi connectivity index (χ1) is 28.3. The van der Waals surface area contributed by atoms with E-state index in [0.717, 1.165) is 11.4 Å². The third kappa shape index (κ3) is 4.89. The summed E-state index contributed by atoms with van der Waals surface area (Å²) in [5.74, 6) is 0. The summed E-state index contributed by atoms with van der Waals surface area (Å²) in [6, 6.07) is 84.7. The largest absolute Gasteiger partial charge is 0.355 e. The van der Waals surface area contributed by atoms with Gasteiger partial charge in [-0.15, -0.1) is 0 Å². The molecule has 0 unspecified atom stereocenters. The third-order valence-electron chi connectivity index (χ3n) is 12.4. The van der Waals surface area contributed by atoms with Crippen LogP contribution in [0.4, 0.5) is 11.4 Å². The third-order valence-corrected chi connectivity index (χ3v) is 12.4. The number of hydrogen-bond donors (Lipinski definition) is 1. The summed E-state index contributed by atoms with van der Waals surface area (Å²) in [5.41, 5.74) is 19.1. The van der Waals surface area contributed by atoms with Gasteiger partial charge in [0.15, 0.2) is 0 Å². The standard InChI is InChI=1S/C56H39N/c1-5-18-41(19-6-1)55(42-20-7-2-8-21-42)50-29-16-14-27-48(50)54-51(55)30-17-31-53(54)57-45-35-32-39(33-36-45)40-34-37-47-46-26-13-15-28-49(46)56(52(47)38-40,43-22-9-3-10-23-43)44-24-11-4-12-25-44/h1-38,57H. The van der Waals surface area contributed by atoms with E-state index in [9.17, 15) is 0 Å². The van der Waals surface area contributed by atoms with E-state index in [2.05, 4.69) is 236 Å². The van der Waals surface area contributed by atoms with Crippen LogP contribution >= 0.6 is 0 Å². The first-order valence-corrected chi connectivity index (χ1v) is 19.9. The highest BCUT2D eigenvalue weighted by Gasteiger charge is 2.47. The lowest BCUT2D eigenvalue weighted by atomic mass is 9.67. The molecule has 0 radical (unpaired) electrons. The fourth-order valence-corrected chi connectivity index (χ4v) is 10.1. The highest BCUT2D eigenvalue weighted by molar-refractivity contribution is 5.95. The molecule has 0 heterocycles. The summed E-state index contributed by atoms with van der Waals surface area (Å²) in [5, 5.41) is 3.87.